The highest BCUT2D eigenvalue weighted by atomic mass is 19.4. The van der Waals surface area contributed by atoms with Crippen LogP contribution in [0.5, 0.6) is 0 Å². The highest BCUT2D eigenvalue weighted by Crippen LogP contribution is 2.38. The van der Waals surface area contributed by atoms with E-state index in [1.54, 1.807) is 19.9 Å². The van der Waals surface area contributed by atoms with Crippen molar-refractivity contribution in [2.45, 2.75) is 33.9 Å². The molecule has 0 aliphatic heterocycles. The number of halogens is 3. The van der Waals surface area contributed by atoms with Gasteiger partial charge in [-0.1, -0.05) is 12.7 Å². The summed E-state index contributed by atoms with van der Waals surface area (Å²) in [4.78, 5) is 0. The number of alkyl halides is 3. The van der Waals surface area contributed by atoms with Crippen LogP contribution in [0.15, 0.2) is 6.58 Å². The minimum Gasteiger partial charge on any atom is -0.166 e. The average Bonchev–Trinajstić information content (AvgIpc) is 2.14. The number of rotatable bonds is 1. The second-order valence-electron chi connectivity index (χ2n) is 3.99. The molecule has 16 heavy (non-hydrogen) atoms. The van der Waals surface area contributed by atoms with Crippen LogP contribution >= 0.6 is 0 Å². The van der Waals surface area contributed by atoms with Gasteiger partial charge < -0.3 is 0 Å². The standard InChI is InChI=1S/C13H15F3/c1-6-11-7(2)9(4)12(13(14,15)16)10(5)8(11)3/h6H,1H2,2-5H3. The van der Waals surface area contributed by atoms with Gasteiger partial charge in [0.15, 0.2) is 0 Å². The van der Waals surface area contributed by atoms with Crippen molar-refractivity contribution in [3.63, 3.8) is 0 Å². The smallest absolute Gasteiger partial charge is 0.166 e. The topological polar surface area (TPSA) is 0 Å². The lowest BCUT2D eigenvalue weighted by molar-refractivity contribution is -0.138. The molecule has 3 heteroatoms. The van der Waals surface area contributed by atoms with Crippen LogP contribution < -0.4 is 0 Å². The zero-order chi connectivity index (χ0) is 12.7. The van der Waals surface area contributed by atoms with Gasteiger partial charge in [-0.3, -0.25) is 0 Å². The minimum atomic E-state index is -4.29. The maximum atomic E-state index is 12.9. The van der Waals surface area contributed by atoms with Crippen molar-refractivity contribution in [3.05, 3.63) is 40.0 Å². The van der Waals surface area contributed by atoms with Gasteiger partial charge >= 0.3 is 6.18 Å². The van der Waals surface area contributed by atoms with E-state index in [-0.39, 0.29) is 0 Å². The van der Waals surface area contributed by atoms with Crippen LogP contribution in [0.3, 0.4) is 0 Å². The van der Waals surface area contributed by atoms with E-state index in [0.29, 0.717) is 22.3 Å². The van der Waals surface area contributed by atoms with Crippen LogP contribution in [0, 0.1) is 27.7 Å². The fourth-order valence-electron chi connectivity index (χ4n) is 2.07. The summed E-state index contributed by atoms with van der Waals surface area (Å²) in [5, 5.41) is 0. The molecule has 0 heterocycles. The Kier molecular flexibility index (Phi) is 3.17. The molecule has 0 saturated heterocycles. The van der Waals surface area contributed by atoms with E-state index < -0.39 is 11.7 Å². The highest BCUT2D eigenvalue weighted by molar-refractivity contribution is 5.63. The molecule has 0 unspecified atom stereocenters. The Morgan fingerprint density at radius 1 is 0.875 bits per heavy atom. The zero-order valence-electron chi connectivity index (χ0n) is 9.92. The number of hydrogen-bond donors (Lipinski definition) is 0. The molecule has 1 aromatic carbocycles. The zero-order valence-corrected chi connectivity index (χ0v) is 9.92. The number of benzene rings is 1. The third kappa shape index (κ3) is 1.86. The summed E-state index contributed by atoms with van der Waals surface area (Å²) in [5.74, 6) is 0. The second-order valence-corrected chi connectivity index (χ2v) is 3.99. The van der Waals surface area contributed by atoms with E-state index in [2.05, 4.69) is 6.58 Å². The molecule has 0 bridgehead atoms. The quantitative estimate of drug-likeness (QED) is 0.659. The molecule has 0 aliphatic carbocycles. The first-order valence-electron chi connectivity index (χ1n) is 5.01. The SMILES string of the molecule is C=Cc1c(C)c(C)c(C(F)(F)F)c(C)c1C. The normalized spacial score (nSPS) is 11.7. The molecule has 1 aromatic rings. The predicted octanol–water partition coefficient (Wildman–Crippen LogP) is 4.58. The molecule has 0 amide bonds. The Labute approximate surface area is 93.8 Å². The van der Waals surface area contributed by atoms with E-state index in [4.69, 9.17) is 0 Å². The molecule has 0 atom stereocenters. The molecular weight excluding hydrogens is 213 g/mol. The van der Waals surface area contributed by atoms with Crippen molar-refractivity contribution in [1.82, 2.24) is 0 Å². The Morgan fingerprint density at radius 2 is 1.25 bits per heavy atom. The molecular formula is C13H15F3. The Bertz CT molecular complexity index is 410. The van der Waals surface area contributed by atoms with E-state index in [0.717, 1.165) is 5.56 Å². The Morgan fingerprint density at radius 3 is 1.50 bits per heavy atom. The average molecular weight is 228 g/mol. The minimum absolute atomic E-state index is 0.297. The monoisotopic (exact) mass is 228 g/mol. The fourth-order valence-corrected chi connectivity index (χ4v) is 2.07. The van der Waals surface area contributed by atoms with E-state index in [1.807, 2.05) is 0 Å². The van der Waals surface area contributed by atoms with E-state index >= 15 is 0 Å². The summed E-state index contributed by atoms with van der Waals surface area (Å²) in [7, 11) is 0. The van der Waals surface area contributed by atoms with Gasteiger partial charge in [0.25, 0.3) is 0 Å². The van der Waals surface area contributed by atoms with Crippen molar-refractivity contribution in [1.29, 1.82) is 0 Å². The molecule has 0 fully saturated rings. The van der Waals surface area contributed by atoms with Crippen LogP contribution in [0.1, 0.15) is 33.4 Å². The third-order valence-corrected chi connectivity index (χ3v) is 3.17. The van der Waals surface area contributed by atoms with Gasteiger partial charge in [0.2, 0.25) is 0 Å². The summed E-state index contributed by atoms with van der Waals surface area (Å²) < 4.78 is 38.6. The van der Waals surface area contributed by atoms with Gasteiger partial charge in [0, 0.05) is 0 Å². The highest BCUT2D eigenvalue weighted by Gasteiger charge is 2.35. The van der Waals surface area contributed by atoms with Gasteiger partial charge in [0.05, 0.1) is 5.56 Å². The first-order chi connectivity index (χ1) is 7.21. The number of hydrogen-bond acceptors (Lipinski definition) is 0. The molecule has 1 rings (SSSR count). The lowest BCUT2D eigenvalue weighted by Gasteiger charge is -2.20. The molecule has 0 nitrogen and oxygen atoms in total. The van der Waals surface area contributed by atoms with Gasteiger partial charge in [-0.05, 0) is 55.5 Å². The second kappa shape index (κ2) is 3.96. The molecule has 0 saturated carbocycles. The van der Waals surface area contributed by atoms with Gasteiger partial charge in [0.1, 0.15) is 0 Å². The van der Waals surface area contributed by atoms with Crippen LogP contribution in [0.2, 0.25) is 0 Å². The summed E-state index contributed by atoms with van der Waals surface area (Å²) >= 11 is 0. The predicted molar refractivity (Wildman–Crippen MR) is 60.5 cm³/mol. The lowest BCUT2D eigenvalue weighted by atomic mass is 9.88. The fraction of sp³-hybridized carbons (Fsp3) is 0.385. The van der Waals surface area contributed by atoms with Crippen molar-refractivity contribution in [2.75, 3.05) is 0 Å². The summed E-state index contributed by atoms with van der Waals surface area (Å²) in [6.07, 6.45) is -2.67. The molecule has 88 valence electrons. The van der Waals surface area contributed by atoms with Crippen LogP contribution in [0.25, 0.3) is 6.08 Å². The first kappa shape index (κ1) is 12.8. The van der Waals surface area contributed by atoms with Crippen molar-refractivity contribution in [3.8, 4) is 0 Å². The first-order valence-corrected chi connectivity index (χ1v) is 5.01. The van der Waals surface area contributed by atoms with E-state index in [1.165, 1.54) is 13.8 Å². The molecule has 0 N–H and O–H groups in total. The molecule has 0 aliphatic rings. The van der Waals surface area contributed by atoms with Crippen molar-refractivity contribution >= 4 is 6.08 Å². The maximum Gasteiger partial charge on any atom is 0.416 e. The van der Waals surface area contributed by atoms with Crippen LogP contribution in [-0.2, 0) is 6.18 Å². The molecule has 0 spiro atoms. The van der Waals surface area contributed by atoms with Gasteiger partial charge in [-0.2, -0.15) is 13.2 Å². The Balaban J connectivity index is 3.74. The Hall–Kier alpha value is -1.25. The van der Waals surface area contributed by atoms with Crippen molar-refractivity contribution in [2.24, 2.45) is 0 Å². The van der Waals surface area contributed by atoms with Crippen LogP contribution in [-0.4, -0.2) is 0 Å². The molecule has 0 radical (unpaired) electrons. The van der Waals surface area contributed by atoms with E-state index in [9.17, 15) is 13.2 Å². The largest absolute Gasteiger partial charge is 0.416 e. The molecule has 0 aromatic heterocycles. The van der Waals surface area contributed by atoms with Gasteiger partial charge in [-0.15, -0.1) is 0 Å². The summed E-state index contributed by atoms with van der Waals surface area (Å²) in [6, 6.07) is 0. The summed E-state index contributed by atoms with van der Waals surface area (Å²) in [6.45, 7) is 10.1. The summed E-state index contributed by atoms with van der Waals surface area (Å²) in [5.41, 5.74) is 2.21. The maximum absolute atomic E-state index is 12.9. The van der Waals surface area contributed by atoms with Gasteiger partial charge in [-0.25, -0.2) is 0 Å². The third-order valence-electron chi connectivity index (χ3n) is 3.17. The lowest BCUT2D eigenvalue weighted by Crippen LogP contribution is -2.13. The van der Waals surface area contributed by atoms with Crippen LogP contribution in [0.4, 0.5) is 13.2 Å². The van der Waals surface area contributed by atoms with Crippen molar-refractivity contribution < 1.29 is 13.2 Å².